The molecule has 0 saturated carbocycles. The van der Waals surface area contributed by atoms with Crippen LogP contribution in [0, 0.1) is 5.82 Å². The number of methoxy groups -OCH3 is 1. The predicted molar refractivity (Wildman–Crippen MR) is 101 cm³/mol. The van der Waals surface area contributed by atoms with Gasteiger partial charge in [0.25, 0.3) is 0 Å². The van der Waals surface area contributed by atoms with E-state index in [0.29, 0.717) is 6.42 Å². The van der Waals surface area contributed by atoms with Gasteiger partial charge in [-0.1, -0.05) is 30.3 Å². The molecule has 28 heavy (non-hydrogen) atoms. The Morgan fingerprint density at radius 1 is 1.14 bits per heavy atom. The molecule has 2 aromatic rings. The lowest BCUT2D eigenvalue weighted by atomic mass is 10.0. The van der Waals surface area contributed by atoms with Gasteiger partial charge in [-0.15, -0.1) is 0 Å². The number of esters is 1. The quantitative estimate of drug-likeness (QED) is 0.603. The molecule has 2 aromatic carbocycles. The Hall–Kier alpha value is -3.42. The number of halogens is 1. The van der Waals surface area contributed by atoms with Crippen LogP contribution in [0.2, 0.25) is 0 Å². The fourth-order valence-electron chi connectivity index (χ4n) is 2.64. The first-order valence-electron chi connectivity index (χ1n) is 8.60. The number of nitrogens with one attached hydrogen (secondary N) is 2. The minimum Gasteiger partial charge on any atom is -0.481 e. The number of benzene rings is 2. The van der Waals surface area contributed by atoms with Crippen LogP contribution in [0.25, 0.3) is 0 Å². The van der Waals surface area contributed by atoms with Gasteiger partial charge in [-0.25, -0.2) is 14.0 Å². The topological polar surface area (TPSA) is 105 Å². The molecule has 7 nitrogen and oxygen atoms in total. The fraction of sp³-hybridized carbons (Fsp3) is 0.250. The predicted octanol–water partition coefficient (Wildman–Crippen LogP) is 3.21. The third-order valence-electron chi connectivity index (χ3n) is 4.00. The van der Waals surface area contributed by atoms with Crippen molar-refractivity contribution in [1.82, 2.24) is 5.32 Å². The summed E-state index contributed by atoms with van der Waals surface area (Å²) < 4.78 is 18.4. The summed E-state index contributed by atoms with van der Waals surface area (Å²) in [6.45, 7) is 0. The van der Waals surface area contributed by atoms with E-state index in [1.807, 2.05) is 30.3 Å². The van der Waals surface area contributed by atoms with Crippen LogP contribution >= 0.6 is 0 Å². The normalized spacial score (nSPS) is 11.4. The molecule has 3 N–H and O–H groups in total. The lowest BCUT2D eigenvalue weighted by molar-refractivity contribution is -0.137. The number of aliphatic carboxylic acids is 1. The molecule has 0 spiro atoms. The molecule has 0 aliphatic heterocycles. The average molecular weight is 388 g/mol. The van der Waals surface area contributed by atoms with Crippen LogP contribution in [-0.4, -0.2) is 36.2 Å². The van der Waals surface area contributed by atoms with Crippen LogP contribution in [0.3, 0.4) is 0 Å². The van der Waals surface area contributed by atoms with Gasteiger partial charge in [0.1, 0.15) is 5.82 Å². The minimum absolute atomic E-state index is 0.0970. The van der Waals surface area contributed by atoms with Crippen LogP contribution in [0.4, 0.5) is 14.9 Å². The number of carbonyl (C=O) groups is 3. The van der Waals surface area contributed by atoms with Gasteiger partial charge in [-0.05, 0) is 36.6 Å². The van der Waals surface area contributed by atoms with E-state index < -0.39 is 29.8 Å². The van der Waals surface area contributed by atoms with Crippen LogP contribution in [0.1, 0.15) is 28.8 Å². The number of ether oxygens (including phenoxy) is 1. The van der Waals surface area contributed by atoms with Gasteiger partial charge in [0.05, 0.1) is 12.7 Å². The number of hydrogen-bond acceptors (Lipinski definition) is 4. The Balaban J connectivity index is 2.02. The maximum Gasteiger partial charge on any atom is 0.340 e. The first-order chi connectivity index (χ1) is 13.4. The Morgan fingerprint density at radius 3 is 2.46 bits per heavy atom. The summed E-state index contributed by atoms with van der Waals surface area (Å²) in [6, 6.07) is 11.9. The van der Waals surface area contributed by atoms with Gasteiger partial charge < -0.3 is 20.5 Å². The fourth-order valence-corrected chi connectivity index (χ4v) is 2.64. The van der Waals surface area contributed by atoms with E-state index in [1.54, 1.807) is 0 Å². The number of amides is 2. The molecule has 2 amide bonds. The van der Waals surface area contributed by atoms with E-state index in [1.165, 1.54) is 12.1 Å². The zero-order valence-electron chi connectivity index (χ0n) is 15.3. The molecule has 0 saturated heterocycles. The molecule has 0 radical (unpaired) electrons. The first kappa shape index (κ1) is 20.9. The molecule has 0 aliphatic carbocycles. The Bertz CT molecular complexity index is 842. The number of hydrogen-bond donors (Lipinski definition) is 3. The smallest absolute Gasteiger partial charge is 0.340 e. The van der Waals surface area contributed by atoms with Crippen molar-refractivity contribution in [2.45, 2.75) is 25.3 Å². The third kappa shape index (κ3) is 6.39. The molecule has 8 heteroatoms. The van der Waals surface area contributed by atoms with Crippen molar-refractivity contribution in [1.29, 1.82) is 0 Å². The van der Waals surface area contributed by atoms with E-state index >= 15 is 0 Å². The second kappa shape index (κ2) is 10.1. The molecule has 1 unspecified atom stereocenters. The summed E-state index contributed by atoms with van der Waals surface area (Å²) in [5.74, 6) is -2.60. The highest BCUT2D eigenvalue weighted by molar-refractivity contribution is 5.92. The summed E-state index contributed by atoms with van der Waals surface area (Å²) in [5.41, 5.74) is 0.864. The maximum absolute atomic E-state index is 14.0. The van der Waals surface area contributed by atoms with Gasteiger partial charge in [-0.3, -0.25) is 4.79 Å². The average Bonchev–Trinajstić information content (AvgIpc) is 2.66. The molecule has 0 bridgehead atoms. The largest absolute Gasteiger partial charge is 0.481 e. The number of carboxylic acid groups (broad SMARTS) is 1. The second-order valence-electron chi connectivity index (χ2n) is 6.10. The molecule has 0 heterocycles. The van der Waals surface area contributed by atoms with Crippen molar-refractivity contribution in [3.63, 3.8) is 0 Å². The number of rotatable bonds is 8. The van der Waals surface area contributed by atoms with Gasteiger partial charge in [0, 0.05) is 18.2 Å². The summed E-state index contributed by atoms with van der Waals surface area (Å²) in [7, 11) is 1.14. The van der Waals surface area contributed by atoms with Gasteiger partial charge in [0.15, 0.2) is 0 Å². The highest BCUT2D eigenvalue weighted by Crippen LogP contribution is 2.16. The Morgan fingerprint density at radius 2 is 1.86 bits per heavy atom. The molecule has 1 atom stereocenters. The van der Waals surface area contributed by atoms with Crippen molar-refractivity contribution >= 4 is 23.7 Å². The zero-order valence-corrected chi connectivity index (χ0v) is 15.3. The third-order valence-corrected chi connectivity index (χ3v) is 4.00. The van der Waals surface area contributed by atoms with Crippen LogP contribution in [-0.2, 0) is 16.0 Å². The number of urea groups is 1. The molecule has 0 aliphatic rings. The molecule has 0 aromatic heterocycles. The van der Waals surface area contributed by atoms with E-state index in [-0.39, 0.29) is 24.1 Å². The summed E-state index contributed by atoms with van der Waals surface area (Å²) in [5, 5.41) is 14.1. The highest BCUT2D eigenvalue weighted by atomic mass is 19.1. The second-order valence-corrected chi connectivity index (χ2v) is 6.10. The van der Waals surface area contributed by atoms with Gasteiger partial charge >= 0.3 is 18.0 Å². The SMILES string of the molecule is COC(=O)c1ccc(NC(=O)NC(CCC(=O)O)Cc2ccccc2)cc1F. The van der Waals surface area contributed by atoms with E-state index in [4.69, 9.17) is 5.11 Å². The minimum atomic E-state index is -0.958. The van der Waals surface area contributed by atoms with E-state index in [9.17, 15) is 18.8 Å². The van der Waals surface area contributed by atoms with Crippen LogP contribution < -0.4 is 10.6 Å². The lowest BCUT2D eigenvalue weighted by Gasteiger charge is -2.19. The maximum atomic E-state index is 14.0. The van der Waals surface area contributed by atoms with Gasteiger partial charge in [0.2, 0.25) is 0 Å². The van der Waals surface area contributed by atoms with Crippen LogP contribution in [0.15, 0.2) is 48.5 Å². The number of carboxylic acids is 1. The van der Waals surface area contributed by atoms with Crippen molar-refractivity contribution in [3.05, 3.63) is 65.5 Å². The number of anilines is 1. The molecule has 0 fully saturated rings. The van der Waals surface area contributed by atoms with E-state index in [0.717, 1.165) is 18.7 Å². The van der Waals surface area contributed by atoms with Crippen molar-refractivity contribution in [2.24, 2.45) is 0 Å². The Labute approximate surface area is 161 Å². The summed E-state index contributed by atoms with van der Waals surface area (Å²) in [6.07, 6.45) is 0.602. The van der Waals surface area contributed by atoms with E-state index in [2.05, 4.69) is 15.4 Å². The van der Waals surface area contributed by atoms with Gasteiger partial charge in [-0.2, -0.15) is 0 Å². The highest BCUT2D eigenvalue weighted by Gasteiger charge is 2.16. The number of carbonyl (C=O) groups excluding carboxylic acids is 2. The summed E-state index contributed by atoms with van der Waals surface area (Å²) in [4.78, 5) is 34.5. The van der Waals surface area contributed by atoms with Crippen molar-refractivity contribution in [3.8, 4) is 0 Å². The summed E-state index contributed by atoms with van der Waals surface area (Å²) >= 11 is 0. The first-order valence-corrected chi connectivity index (χ1v) is 8.60. The lowest BCUT2D eigenvalue weighted by Crippen LogP contribution is -2.39. The monoisotopic (exact) mass is 388 g/mol. The van der Waals surface area contributed by atoms with Crippen molar-refractivity contribution in [2.75, 3.05) is 12.4 Å². The molecule has 2 rings (SSSR count). The Kier molecular flexibility index (Phi) is 7.50. The van der Waals surface area contributed by atoms with Crippen LogP contribution in [0.5, 0.6) is 0 Å². The molecular weight excluding hydrogens is 367 g/mol. The standard InChI is InChI=1S/C20H21FN2O5/c1-28-19(26)16-9-7-15(12-17(16)21)23-20(27)22-14(8-10-18(24)25)11-13-5-3-2-4-6-13/h2-7,9,12,14H,8,10-11H2,1H3,(H,24,25)(H2,22,23,27). The molecule has 148 valence electrons. The van der Waals surface area contributed by atoms with Crippen molar-refractivity contribution < 1.29 is 28.6 Å². The molecular formula is C20H21FN2O5. The zero-order chi connectivity index (χ0) is 20.5.